The number of alkyl halides is 1. The van der Waals surface area contributed by atoms with E-state index in [4.69, 9.17) is 16.3 Å². The second-order valence-corrected chi connectivity index (χ2v) is 4.17. The maximum atomic E-state index is 5.65. The van der Waals surface area contributed by atoms with Crippen LogP contribution in [0.5, 0.6) is 5.75 Å². The molecule has 0 aromatic heterocycles. The molecule has 2 heteroatoms. The summed E-state index contributed by atoms with van der Waals surface area (Å²) in [6.07, 6.45) is 0.923. The normalized spacial score (nSPS) is 10.6. The van der Waals surface area contributed by atoms with Gasteiger partial charge in [-0.2, -0.15) is 0 Å². The highest BCUT2D eigenvalue weighted by Crippen LogP contribution is 2.13. The molecule has 0 aliphatic heterocycles. The Morgan fingerprint density at radius 1 is 1.21 bits per heavy atom. The van der Waals surface area contributed by atoms with E-state index in [9.17, 15) is 0 Å². The van der Waals surface area contributed by atoms with Gasteiger partial charge in [0.15, 0.2) is 0 Å². The fourth-order valence-electron chi connectivity index (χ4n) is 1.12. The summed E-state index contributed by atoms with van der Waals surface area (Å²) in [7, 11) is 0. The predicted octanol–water partition coefficient (Wildman–Crippen LogP) is 3.50. The predicted molar refractivity (Wildman–Crippen MR) is 61.2 cm³/mol. The number of ether oxygens (including phenoxy) is 1. The van der Waals surface area contributed by atoms with Gasteiger partial charge in [0.05, 0.1) is 6.61 Å². The van der Waals surface area contributed by atoms with Crippen LogP contribution in [0, 0.1) is 5.92 Å². The second kappa shape index (κ2) is 5.92. The number of hydrogen-bond acceptors (Lipinski definition) is 1. The van der Waals surface area contributed by atoms with Crippen LogP contribution in [0.3, 0.4) is 0 Å². The van der Waals surface area contributed by atoms with Gasteiger partial charge in [-0.3, -0.25) is 0 Å². The number of hydrogen-bond donors (Lipinski definition) is 0. The van der Waals surface area contributed by atoms with E-state index in [0.717, 1.165) is 18.8 Å². The molecule has 0 bridgehead atoms. The molecule has 1 rings (SSSR count). The number of halogens is 1. The Hall–Kier alpha value is -0.690. The Morgan fingerprint density at radius 3 is 2.36 bits per heavy atom. The van der Waals surface area contributed by atoms with Crippen molar-refractivity contribution in [1.82, 2.24) is 0 Å². The van der Waals surface area contributed by atoms with Gasteiger partial charge in [0.2, 0.25) is 0 Å². The summed E-state index contributed by atoms with van der Waals surface area (Å²) in [5, 5.41) is 0. The van der Waals surface area contributed by atoms with Gasteiger partial charge in [-0.05, 0) is 30.0 Å². The minimum atomic E-state index is 0.567. The first-order valence-corrected chi connectivity index (χ1v) is 5.53. The Balaban J connectivity index is 2.46. The van der Waals surface area contributed by atoms with E-state index in [2.05, 4.69) is 26.0 Å². The summed E-state index contributed by atoms with van der Waals surface area (Å²) < 4.78 is 5.57. The first-order valence-electron chi connectivity index (χ1n) is 5.00. The summed E-state index contributed by atoms with van der Waals surface area (Å²) >= 11 is 5.65. The summed E-state index contributed by atoms with van der Waals surface area (Å²) in [5.74, 6) is 2.18. The Labute approximate surface area is 91.0 Å². The van der Waals surface area contributed by atoms with Gasteiger partial charge in [0, 0.05) is 5.88 Å². The lowest BCUT2D eigenvalue weighted by Crippen LogP contribution is -2.04. The lowest BCUT2D eigenvalue weighted by atomic mass is 10.2. The standard InChI is InChI=1S/C12H17ClO/c1-10(2)9-14-12-5-3-11(4-6-12)7-8-13/h3-6,10H,7-9H2,1-2H3. The molecule has 0 atom stereocenters. The van der Waals surface area contributed by atoms with Crippen molar-refractivity contribution in [3.8, 4) is 5.75 Å². The highest BCUT2D eigenvalue weighted by atomic mass is 35.5. The van der Waals surface area contributed by atoms with Crippen LogP contribution in [0.25, 0.3) is 0 Å². The highest BCUT2D eigenvalue weighted by Gasteiger charge is 1.97. The first-order chi connectivity index (χ1) is 6.72. The molecular formula is C12H17ClO. The van der Waals surface area contributed by atoms with Crippen molar-refractivity contribution in [3.63, 3.8) is 0 Å². The molecule has 0 aliphatic rings. The van der Waals surface area contributed by atoms with Crippen LogP contribution in [-0.2, 0) is 6.42 Å². The molecule has 14 heavy (non-hydrogen) atoms. The molecule has 1 nitrogen and oxygen atoms in total. The Morgan fingerprint density at radius 2 is 1.86 bits per heavy atom. The molecular weight excluding hydrogens is 196 g/mol. The number of aryl methyl sites for hydroxylation is 1. The second-order valence-electron chi connectivity index (χ2n) is 3.79. The van der Waals surface area contributed by atoms with Gasteiger partial charge >= 0.3 is 0 Å². The maximum absolute atomic E-state index is 5.65. The zero-order chi connectivity index (χ0) is 10.4. The van der Waals surface area contributed by atoms with E-state index in [1.807, 2.05) is 12.1 Å². The van der Waals surface area contributed by atoms with Gasteiger partial charge < -0.3 is 4.74 Å². The summed E-state index contributed by atoms with van der Waals surface area (Å²) in [4.78, 5) is 0. The Kier molecular flexibility index (Phi) is 4.81. The van der Waals surface area contributed by atoms with Gasteiger partial charge in [-0.15, -0.1) is 11.6 Å². The topological polar surface area (TPSA) is 9.23 Å². The smallest absolute Gasteiger partial charge is 0.119 e. The molecule has 0 saturated carbocycles. The third kappa shape index (κ3) is 4.01. The van der Waals surface area contributed by atoms with Crippen molar-refractivity contribution in [2.45, 2.75) is 20.3 Å². The van der Waals surface area contributed by atoms with Crippen molar-refractivity contribution < 1.29 is 4.74 Å². The van der Waals surface area contributed by atoms with Crippen LogP contribution in [0.4, 0.5) is 0 Å². The average Bonchev–Trinajstić information content (AvgIpc) is 2.17. The fourth-order valence-corrected chi connectivity index (χ4v) is 1.34. The molecule has 78 valence electrons. The number of benzene rings is 1. The zero-order valence-electron chi connectivity index (χ0n) is 8.79. The summed E-state index contributed by atoms with van der Waals surface area (Å²) in [6.45, 7) is 5.05. The first kappa shape index (κ1) is 11.4. The van der Waals surface area contributed by atoms with Crippen LogP contribution in [0.1, 0.15) is 19.4 Å². The molecule has 1 aromatic carbocycles. The van der Waals surface area contributed by atoms with E-state index in [1.165, 1.54) is 5.56 Å². The monoisotopic (exact) mass is 212 g/mol. The third-order valence-electron chi connectivity index (χ3n) is 1.89. The minimum Gasteiger partial charge on any atom is -0.493 e. The van der Waals surface area contributed by atoms with Crippen molar-refractivity contribution in [1.29, 1.82) is 0 Å². The van der Waals surface area contributed by atoms with E-state index >= 15 is 0 Å². The van der Waals surface area contributed by atoms with Gasteiger partial charge in [-0.1, -0.05) is 26.0 Å². The highest BCUT2D eigenvalue weighted by molar-refractivity contribution is 6.17. The van der Waals surface area contributed by atoms with Crippen LogP contribution in [0.2, 0.25) is 0 Å². The maximum Gasteiger partial charge on any atom is 0.119 e. The molecule has 0 amide bonds. The zero-order valence-corrected chi connectivity index (χ0v) is 9.55. The van der Waals surface area contributed by atoms with Gasteiger partial charge in [0.25, 0.3) is 0 Å². The third-order valence-corrected chi connectivity index (χ3v) is 2.08. The molecule has 0 saturated heterocycles. The molecule has 0 heterocycles. The quantitative estimate of drug-likeness (QED) is 0.679. The molecule has 0 radical (unpaired) electrons. The van der Waals surface area contributed by atoms with Crippen LogP contribution >= 0.6 is 11.6 Å². The Bertz CT molecular complexity index is 254. The molecule has 0 spiro atoms. The molecule has 1 aromatic rings. The van der Waals surface area contributed by atoms with Crippen LogP contribution < -0.4 is 4.74 Å². The van der Waals surface area contributed by atoms with Crippen molar-refractivity contribution in [3.05, 3.63) is 29.8 Å². The fraction of sp³-hybridized carbons (Fsp3) is 0.500. The largest absolute Gasteiger partial charge is 0.493 e. The summed E-state index contributed by atoms with van der Waals surface area (Å²) in [5.41, 5.74) is 1.26. The van der Waals surface area contributed by atoms with Crippen molar-refractivity contribution in [2.75, 3.05) is 12.5 Å². The SMILES string of the molecule is CC(C)COc1ccc(CCCl)cc1. The van der Waals surface area contributed by atoms with E-state index in [-0.39, 0.29) is 0 Å². The molecule has 0 fully saturated rings. The van der Waals surface area contributed by atoms with Gasteiger partial charge in [0.1, 0.15) is 5.75 Å². The van der Waals surface area contributed by atoms with Crippen LogP contribution in [-0.4, -0.2) is 12.5 Å². The van der Waals surface area contributed by atoms with Gasteiger partial charge in [-0.25, -0.2) is 0 Å². The van der Waals surface area contributed by atoms with E-state index in [0.29, 0.717) is 11.8 Å². The molecule has 0 unspecified atom stereocenters. The lowest BCUT2D eigenvalue weighted by molar-refractivity contribution is 0.271. The van der Waals surface area contributed by atoms with E-state index < -0.39 is 0 Å². The number of rotatable bonds is 5. The van der Waals surface area contributed by atoms with Crippen molar-refractivity contribution >= 4 is 11.6 Å². The molecule has 0 N–H and O–H groups in total. The molecule has 0 aliphatic carbocycles. The summed E-state index contributed by atoms with van der Waals surface area (Å²) in [6, 6.07) is 8.14. The van der Waals surface area contributed by atoms with E-state index in [1.54, 1.807) is 0 Å². The lowest BCUT2D eigenvalue weighted by Gasteiger charge is -2.08. The van der Waals surface area contributed by atoms with Crippen LogP contribution in [0.15, 0.2) is 24.3 Å². The minimum absolute atomic E-state index is 0.567. The average molecular weight is 213 g/mol. The van der Waals surface area contributed by atoms with Crippen molar-refractivity contribution in [2.24, 2.45) is 5.92 Å².